The molecule has 2 amide bonds. The lowest BCUT2D eigenvalue weighted by Crippen LogP contribution is -2.28. The maximum atomic E-state index is 14.0. The van der Waals surface area contributed by atoms with Crippen LogP contribution in [0.1, 0.15) is 47.9 Å². The van der Waals surface area contributed by atoms with Gasteiger partial charge in [0.15, 0.2) is 5.76 Å². The van der Waals surface area contributed by atoms with Crippen molar-refractivity contribution in [2.75, 3.05) is 5.32 Å². The van der Waals surface area contributed by atoms with Crippen molar-refractivity contribution in [2.45, 2.75) is 39.7 Å². The van der Waals surface area contributed by atoms with Gasteiger partial charge in [0.25, 0.3) is 0 Å². The molecule has 9 heteroatoms. The van der Waals surface area contributed by atoms with Crippen molar-refractivity contribution in [3.63, 3.8) is 0 Å². The Labute approximate surface area is 225 Å². The summed E-state index contributed by atoms with van der Waals surface area (Å²) in [7, 11) is 0. The Morgan fingerprint density at radius 3 is 2.26 bits per heavy atom. The fraction of sp³-hybridized carbons (Fsp3) is 0.200. The summed E-state index contributed by atoms with van der Waals surface area (Å²) in [5.41, 5.74) is 4.98. The molecule has 39 heavy (non-hydrogen) atoms. The quantitative estimate of drug-likeness (QED) is 0.182. The highest BCUT2D eigenvalue weighted by molar-refractivity contribution is 5.96. The van der Waals surface area contributed by atoms with Crippen LogP contribution in [0.2, 0.25) is 0 Å². The number of benzene rings is 3. The predicted molar refractivity (Wildman–Crippen MR) is 146 cm³/mol. The van der Waals surface area contributed by atoms with Crippen LogP contribution in [0.5, 0.6) is 0 Å². The fourth-order valence-electron chi connectivity index (χ4n) is 4.12. The van der Waals surface area contributed by atoms with E-state index in [1.54, 1.807) is 32.0 Å². The third-order valence-corrected chi connectivity index (χ3v) is 6.07. The van der Waals surface area contributed by atoms with Crippen LogP contribution in [0.25, 0.3) is 11.3 Å². The van der Waals surface area contributed by atoms with Gasteiger partial charge in [-0.3, -0.25) is 15.5 Å². The second-order valence-electron chi connectivity index (χ2n) is 9.19. The minimum Gasteiger partial charge on any atom is -0.441 e. The minimum atomic E-state index is -0.785. The SMILES string of the molecule is CC(=O)NC(=N)Cc1ccc(Cc2ccc(-c3onc(C)c3NC(=O)O[C@H](C)c3ccccc3F)cc2)cc1. The van der Waals surface area contributed by atoms with Crippen molar-refractivity contribution in [2.24, 2.45) is 0 Å². The van der Waals surface area contributed by atoms with Gasteiger partial charge in [0.05, 0.1) is 0 Å². The van der Waals surface area contributed by atoms with Gasteiger partial charge in [0, 0.05) is 24.5 Å². The average molecular weight is 529 g/mol. The zero-order valence-corrected chi connectivity index (χ0v) is 21.9. The molecule has 200 valence electrons. The van der Waals surface area contributed by atoms with Gasteiger partial charge in [-0.25, -0.2) is 9.18 Å². The molecule has 3 N–H and O–H groups in total. The predicted octanol–water partition coefficient (Wildman–Crippen LogP) is 6.35. The van der Waals surface area contributed by atoms with Crippen LogP contribution in [-0.4, -0.2) is 23.0 Å². The van der Waals surface area contributed by atoms with Crippen LogP contribution in [-0.2, 0) is 22.4 Å². The van der Waals surface area contributed by atoms with Gasteiger partial charge in [-0.2, -0.15) is 0 Å². The number of amidine groups is 1. The first kappa shape index (κ1) is 27.3. The molecule has 4 rings (SSSR count). The number of carbonyl (C=O) groups is 2. The lowest BCUT2D eigenvalue weighted by atomic mass is 10.0. The summed E-state index contributed by atoms with van der Waals surface area (Å²) in [6.45, 7) is 4.69. The zero-order chi connectivity index (χ0) is 27.9. The topological polar surface area (TPSA) is 117 Å². The van der Waals surface area contributed by atoms with Gasteiger partial charge < -0.3 is 14.6 Å². The minimum absolute atomic E-state index is 0.162. The normalized spacial score (nSPS) is 11.5. The van der Waals surface area contributed by atoms with Gasteiger partial charge in [0.1, 0.15) is 29.1 Å². The second-order valence-corrected chi connectivity index (χ2v) is 9.19. The number of rotatable bonds is 8. The first-order valence-electron chi connectivity index (χ1n) is 12.4. The molecule has 4 aromatic rings. The summed E-state index contributed by atoms with van der Waals surface area (Å²) in [5.74, 6) is -0.147. The molecule has 0 radical (unpaired) electrons. The lowest BCUT2D eigenvalue weighted by Gasteiger charge is -2.15. The zero-order valence-electron chi connectivity index (χ0n) is 21.9. The van der Waals surface area contributed by atoms with Crippen molar-refractivity contribution in [3.8, 4) is 11.3 Å². The van der Waals surface area contributed by atoms with Crippen molar-refractivity contribution in [3.05, 3.63) is 107 Å². The molecule has 0 aliphatic rings. The summed E-state index contributed by atoms with van der Waals surface area (Å²) < 4.78 is 24.9. The van der Waals surface area contributed by atoms with Crippen LogP contribution in [0.4, 0.5) is 14.9 Å². The van der Waals surface area contributed by atoms with E-state index < -0.39 is 18.0 Å². The molecule has 3 aromatic carbocycles. The number of carbonyl (C=O) groups excluding carboxylic acids is 2. The molecule has 0 bridgehead atoms. The molecule has 0 aliphatic heterocycles. The highest BCUT2D eigenvalue weighted by Crippen LogP contribution is 2.32. The Hall–Kier alpha value is -4.79. The number of hydrogen-bond donors (Lipinski definition) is 3. The summed E-state index contributed by atoms with van der Waals surface area (Å²) in [6.07, 6.45) is -0.472. The summed E-state index contributed by atoms with van der Waals surface area (Å²) in [4.78, 5) is 23.7. The highest BCUT2D eigenvalue weighted by Gasteiger charge is 2.21. The van der Waals surface area contributed by atoms with Crippen LogP contribution in [0.15, 0.2) is 77.3 Å². The van der Waals surface area contributed by atoms with Crippen molar-refractivity contribution >= 4 is 23.5 Å². The number of halogens is 1. The molecular weight excluding hydrogens is 499 g/mol. The maximum Gasteiger partial charge on any atom is 0.412 e. The summed E-state index contributed by atoms with van der Waals surface area (Å²) in [6, 6.07) is 21.7. The monoisotopic (exact) mass is 528 g/mol. The first-order valence-corrected chi connectivity index (χ1v) is 12.4. The van der Waals surface area contributed by atoms with Crippen LogP contribution in [0, 0.1) is 18.2 Å². The van der Waals surface area contributed by atoms with Gasteiger partial charge in [0.2, 0.25) is 5.91 Å². The number of hydrogen-bond acceptors (Lipinski definition) is 6. The van der Waals surface area contributed by atoms with Gasteiger partial charge in [-0.1, -0.05) is 71.9 Å². The van der Waals surface area contributed by atoms with E-state index in [0.717, 1.165) is 22.3 Å². The Morgan fingerprint density at radius 1 is 1.00 bits per heavy atom. The van der Waals surface area contributed by atoms with Crippen LogP contribution in [0.3, 0.4) is 0 Å². The number of amides is 2. The number of nitrogens with one attached hydrogen (secondary N) is 3. The van der Waals surface area contributed by atoms with E-state index in [0.29, 0.717) is 30.0 Å². The third-order valence-electron chi connectivity index (χ3n) is 6.07. The summed E-state index contributed by atoms with van der Waals surface area (Å²) in [5, 5.41) is 17.0. The number of aromatic nitrogens is 1. The molecule has 1 aromatic heterocycles. The number of nitrogens with zero attached hydrogens (tertiary/aromatic N) is 1. The molecule has 1 atom stereocenters. The maximum absolute atomic E-state index is 14.0. The van der Waals surface area contributed by atoms with E-state index in [9.17, 15) is 14.0 Å². The van der Waals surface area contributed by atoms with Crippen molar-refractivity contribution in [1.82, 2.24) is 10.5 Å². The van der Waals surface area contributed by atoms with Crippen molar-refractivity contribution in [1.29, 1.82) is 5.41 Å². The fourth-order valence-corrected chi connectivity index (χ4v) is 4.12. The molecule has 8 nitrogen and oxygen atoms in total. The van der Waals surface area contributed by atoms with E-state index in [1.165, 1.54) is 13.0 Å². The molecule has 0 aliphatic carbocycles. The molecule has 0 fully saturated rings. The average Bonchev–Trinajstić information content (AvgIpc) is 3.25. The van der Waals surface area contributed by atoms with Crippen LogP contribution < -0.4 is 10.6 Å². The standard InChI is InChI=1S/C30H29FN4O4/c1-18-28(34-30(37)38-19(2)25-6-4-5-7-26(25)31)29(39-35-18)24-14-12-22(13-15-24)16-21-8-10-23(11-9-21)17-27(32)33-20(3)36/h4-15,19H,16-17H2,1-3H3,(H,34,37)(H2,32,33,36)/t19-/m1/s1. The van der Waals surface area contributed by atoms with E-state index >= 15 is 0 Å². The van der Waals surface area contributed by atoms with Gasteiger partial charge in [-0.05, 0) is 43.0 Å². The molecule has 0 saturated carbocycles. The largest absolute Gasteiger partial charge is 0.441 e. The molecule has 0 saturated heterocycles. The Bertz CT molecular complexity index is 1480. The summed E-state index contributed by atoms with van der Waals surface area (Å²) >= 11 is 0. The van der Waals surface area contributed by atoms with Gasteiger partial charge >= 0.3 is 6.09 Å². The Balaban J connectivity index is 1.39. The number of aryl methyl sites for hydroxylation is 1. The van der Waals surface area contributed by atoms with Gasteiger partial charge in [-0.15, -0.1) is 0 Å². The highest BCUT2D eigenvalue weighted by atomic mass is 19.1. The van der Waals surface area contributed by atoms with E-state index in [1.807, 2.05) is 48.5 Å². The van der Waals surface area contributed by atoms with Crippen molar-refractivity contribution < 1.29 is 23.2 Å². The van der Waals surface area contributed by atoms with E-state index in [2.05, 4.69) is 15.8 Å². The molecule has 1 heterocycles. The molecular formula is C30H29FN4O4. The number of anilines is 1. The first-order chi connectivity index (χ1) is 18.7. The van der Waals surface area contributed by atoms with Crippen LogP contribution >= 0.6 is 0 Å². The van der Waals surface area contributed by atoms with E-state index in [-0.39, 0.29) is 17.3 Å². The second kappa shape index (κ2) is 12.2. The third kappa shape index (κ3) is 7.16. The molecule has 0 unspecified atom stereocenters. The Morgan fingerprint density at radius 2 is 1.62 bits per heavy atom. The molecule has 0 spiro atoms. The van der Waals surface area contributed by atoms with E-state index in [4.69, 9.17) is 14.7 Å². The lowest BCUT2D eigenvalue weighted by molar-refractivity contribution is -0.117. The Kier molecular flexibility index (Phi) is 8.50. The smallest absolute Gasteiger partial charge is 0.412 e. The number of ether oxygens (including phenoxy) is 1.